The van der Waals surface area contributed by atoms with Crippen LogP contribution in [0, 0.1) is 5.41 Å². The molecule has 0 unspecified atom stereocenters. The molecule has 0 aliphatic carbocycles. The maximum Gasteiger partial charge on any atom is 0.214 e. The first kappa shape index (κ1) is 10.7. The number of allylic oxidation sites excluding steroid dienone is 1. The molecule has 13 heavy (non-hydrogen) atoms. The highest BCUT2D eigenvalue weighted by molar-refractivity contribution is 7.89. The Hall–Kier alpha value is -0.390. The molecule has 1 N–H and O–H groups in total. The van der Waals surface area contributed by atoms with Crippen molar-refractivity contribution in [2.45, 2.75) is 6.92 Å². The third-order valence-corrected chi connectivity index (χ3v) is 3.73. The standard InChI is InChI=1S/C7H11ClN2O2S/c1-2-13(11,12)10-4-6(5-10)3-7(8)9/h3,9H,2,4-5H2,1H3. The summed E-state index contributed by atoms with van der Waals surface area (Å²) in [4.78, 5) is 0. The van der Waals surface area contributed by atoms with Crippen molar-refractivity contribution in [2.75, 3.05) is 18.8 Å². The first-order valence-corrected chi connectivity index (χ1v) is 5.85. The second-order valence-corrected chi connectivity index (χ2v) is 5.48. The molecule has 0 amide bonds. The zero-order valence-electron chi connectivity index (χ0n) is 7.25. The topological polar surface area (TPSA) is 61.2 Å². The van der Waals surface area contributed by atoms with Crippen LogP contribution < -0.4 is 0 Å². The Balaban J connectivity index is 2.56. The third-order valence-electron chi connectivity index (χ3n) is 1.85. The van der Waals surface area contributed by atoms with Gasteiger partial charge >= 0.3 is 0 Å². The van der Waals surface area contributed by atoms with Gasteiger partial charge in [-0.2, -0.15) is 4.31 Å². The van der Waals surface area contributed by atoms with Gasteiger partial charge in [-0.1, -0.05) is 11.6 Å². The predicted molar refractivity (Wildman–Crippen MR) is 52.7 cm³/mol. The Labute approximate surface area is 82.7 Å². The third kappa shape index (κ3) is 2.52. The van der Waals surface area contributed by atoms with Crippen molar-refractivity contribution >= 4 is 26.8 Å². The van der Waals surface area contributed by atoms with E-state index in [9.17, 15) is 8.42 Å². The SMILES string of the molecule is CCS(=O)(=O)N1CC(=CC(=N)Cl)C1. The second-order valence-electron chi connectivity index (χ2n) is 2.82. The van der Waals surface area contributed by atoms with Gasteiger partial charge < -0.3 is 0 Å². The molecule has 1 aliphatic rings. The van der Waals surface area contributed by atoms with E-state index in [1.54, 1.807) is 6.92 Å². The Morgan fingerprint density at radius 1 is 1.69 bits per heavy atom. The number of hydrogen-bond donors (Lipinski definition) is 1. The Morgan fingerprint density at radius 3 is 2.62 bits per heavy atom. The summed E-state index contributed by atoms with van der Waals surface area (Å²) >= 11 is 5.32. The van der Waals surface area contributed by atoms with Crippen molar-refractivity contribution in [3.05, 3.63) is 11.6 Å². The van der Waals surface area contributed by atoms with Crippen molar-refractivity contribution in [3.8, 4) is 0 Å². The smallest absolute Gasteiger partial charge is 0.214 e. The summed E-state index contributed by atoms with van der Waals surface area (Å²) in [6, 6.07) is 0. The van der Waals surface area contributed by atoms with E-state index in [-0.39, 0.29) is 10.9 Å². The minimum Gasteiger partial charge on any atom is -0.289 e. The van der Waals surface area contributed by atoms with E-state index in [1.807, 2.05) is 0 Å². The summed E-state index contributed by atoms with van der Waals surface area (Å²) in [5.41, 5.74) is 0.886. The summed E-state index contributed by atoms with van der Waals surface area (Å²) in [5.74, 6) is 0.124. The minimum atomic E-state index is -3.05. The van der Waals surface area contributed by atoms with Gasteiger partial charge in [0, 0.05) is 13.1 Å². The number of nitrogens with one attached hydrogen (secondary N) is 1. The van der Waals surface area contributed by atoms with Gasteiger partial charge in [-0.25, -0.2) is 8.42 Å². The monoisotopic (exact) mass is 222 g/mol. The molecule has 0 aromatic heterocycles. The first-order chi connectivity index (χ1) is 5.95. The van der Waals surface area contributed by atoms with E-state index in [1.165, 1.54) is 10.4 Å². The molecule has 1 saturated heterocycles. The molecule has 4 nitrogen and oxygen atoms in total. The molecule has 1 heterocycles. The van der Waals surface area contributed by atoms with Gasteiger partial charge in [0.1, 0.15) is 5.17 Å². The van der Waals surface area contributed by atoms with Crippen molar-refractivity contribution in [1.29, 1.82) is 5.41 Å². The van der Waals surface area contributed by atoms with Crippen LogP contribution in [-0.2, 0) is 10.0 Å². The Bertz CT molecular complexity index is 340. The van der Waals surface area contributed by atoms with E-state index in [0.717, 1.165) is 5.57 Å². The molecule has 0 spiro atoms. The molecule has 0 aromatic carbocycles. The van der Waals surface area contributed by atoms with Crippen LogP contribution in [0.15, 0.2) is 11.6 Å². The van der Waals surface area contributed by atoms with Crippen molar-refractivity contribution in [1.82, 2.24) is 4.31 Å². The number of halogens is 1. The molecular formula is C7H11ClN2O2S. The number of rotatable bonds is 3. The number of hydrogen-bond acceptors (Lipinski definition) is 3. The second kappa shape index (κ2) is 3.77. The molecule has 74 valence electrons. The van der Waals surface area contributed by atoms with Crippen LogP contribution in [0.25, 0.3) is 0 Å². The van der Waals surface area contributed by atoms with Gasteiger partial charge in [-0.05, 0) is 18.6 Å². The van der Waals surface area contributed by atoms with E-state index >= 15 is 0 Å². The van der Waals surface area contributed by atoms with Gasteiger partial charge in [-0.3, -0.25) is 5.41 Å². The van der Waals surface area contributed by atoms with Gasteiger partial charge in [0.05, 0.1) is 5.75 Å². The lowest BCUT2D eigenvalue weighted by atomic mass is 10.1. The lowest BCUT2D eigenvalue weighted by Gasteiger charge is -2.32. The molecule has 0 saturated carbocycles. The Morgan fingerprint density at radius 2 is 2.23 bits per heavy atom. The molecular weight excluding hydrogens is 212 g/mol. The quantitative estimate of drug-likeness (QED) is 0.718. The summed E-state index contributed by atoms with van der Waals surface area (Å²) in [7, 11) is -3.05. The zero-order chi connectivity index (χ0) is 10.1. The van der Waals surface area contributed by atoms with Gasteiger partial charge in [-0.15, -0.1) is 0 Å². The number of nitrogens with zero attached hydrogens (tertiary/aromatic N) is 1. The lowest BCUT2D eigenvalue weighted by molar-refractivity contribution is 0.393. The fraction of sp³-hybridized carbons (Fsp3) is 0.571. The highest BCUT2D eigenvalue weighted by Gasteiger charge is 2.29. The highest BCUT2D eigenvalue weighted by Crippen LogP contribution is 2.18. The van der Waals surface area contributed by atoms with E-state index in [2.05, 4.69) is 0 Å². The highest BCUT2D eigenvalue weighted by atomic mass is 35.5. The van der Waals surface area contributed by atoms with E-state index in [0.29, 0.717) is 13.1 Å². The average Bonchev–Trinajstić information content (AvgIpc) is 1.95. The number of sulfonamides is 1. The van der Waals surface area contributed by atoms with Crippen molar-refractivity contribution < 1.29 is 8.42 Å². The largest absolute Gasteiger partial charge is 0.289 e. The average molecular weight is 223 g/mol. The van der Waals surface area contributed by atoms with Crippen LogP contribution in [0.5, 0.6) is 0 Å². The summed E-state index contributed by atoms with van der Waals surface area (Å²) in [6.07, 6.45) is 1.49. The molecule has 0 aromatic rings. The van der Waals surface area contributed by atoms with Crippen LogP contribution in [0.2, 0.25) is 0 Å². The molecule has 0 bridgehead atoms. The molecule has 0 radical (unpaired) electrons. The molecule has 6 heteroatoms. The van der Waals surface area contributed by atoms with E-state index < -0.39 is 10.0 Å². The summed E-state index contributed by atoms with van der Waals surface area (Å²) < 4.78 is 23.8. The zero-order valence-corrected chi connectivity index (χ0v) is 8.82. The molecule has 1 aliphatic heterocycles. The summed E-state index contributed by atoms with van der Waals surface area (Å²) in [5, 5.41) is 6.90. The normalized spacial score (nSPS) is 18.2. The van der Waals surface area contributed by atoms with Crippen LogP contribution in [0.3, 0.4) is 0 Å². The van der Waals surface area contributed by atoms with Gasteiger partial charge in [0.25, 0.3) is 0 Å². The van der Waals surface area contributed by atoms with Crippen LogP contribution in [0.1, 0.15) is 6.92 Å². The van der Waals surface area contributed by atoms with E-state index in [4.69, 9.17) is 17.0 Å². The molecule has 0 atom stereocenters. The molecule has 1 fully saturated rings. The van der Waals surface area contributed by atoms with Crippen LogP contribution in [0.4, 0.5) is 0 Å². The maximum atomic E-state index is 11.2. The first-order valence-electron chi connectivity index (χ1n) is 3.87. The fourth-order valence-corrected chi connectivity index (χ4v) is 2.30. The lowest BCUT2D eigenvalue weighted by Crippen LogP contribution is -2.45. The predicted octanol–water partition coefficient (Wildman–Crippen LogP) is 0.794. The molecule has 1 rings (SSSR count). The van der Waals surface area contributed by atoms with Crippen molar-refractivity contribution in [2.24, 2.45) is 0 Å². The maximum absolute atomic E-state index is 11.2. The van der Waals surface area contributed by atoms with Crippen molar-refractivity contribution in [3.63, 3.8) is 0 Å². The van der Waals surface area contributed by atoms with Gasteiger partial charge in [0.15, 0.2) is 0 Å². The van der Waals surface area contributed by atoms with Crippen LogP contribution in [-0.4, -0.2) is 36.7 Å². The minimum absolute atomic E-state index is 0.0523. The summed E-state index contributed by atoms with van der Waals surface area (Å²) in [6.45, 7) is 2.37. The van der Waals surface area contributed by atoms with Crippen LogP contribution >= 0.6 is 11.6 Å². The fourth-order valence-electron chi connectivity index (χ4n) is 1.06. The Kier molecular flexibility index (Phi) is 3.10. The van der Waals surface area contributed by atoms with Gasteiger partial charge in [0.2, 0.25) is 10.0 Å².